The Kier molecular flexibility index (Phi) is 3.44. The van der Waals surface area contributed by atoms with Crippen molar-refractivity contribution in [2.45, 2.75) is 18.9 Å². The predicted octanol–water partition coefficient (Wildman–Crippen LogP) is 1.45. The lowest BCUT2D eigenvalue weighted by atomic mass is 10.1. The van der Waals surface area contributed by atoms with E-state index in [1.165, 1.54) is 0 Å². The molecule has 1 saturated heterocycles. The van der Waals surface area contributed by atoms with Gasteiger partial charge in [0, 0.05) is 51.3 Å². The minimum absolute atomic E-state index is 0.148. The first kappa shape index (κ1) is 15.1. The molecule has 1 aliphatic heterocycles. The van der Waals surface area contributed by atoms with Gasteiger partial charge in [-0.2, -0.15) is 15.2 Å². The third-order valence-electron chi connectivity index (χ3n) is 4.77. The minimum Gasteiger partial charge on any atom is -0.474 e. The van der Waals surface area contributed by atoms with Crippen molar-refractivity contribution >= 4 is 22.5 Å². The Hall–Kier alpha value is -3.23. The van der Waals surface area contributed by atoms with E-state index in [-0.39, 0.29) is 6.10 Å². The molecule has 4 aromatic heterocycles. The number of anilines is 1. The van der Waals surface area contributed by atoms with E-state index in [1.54, 1.807) is 21.7 Å². The molecule has 26 heavy (non-hydrogen) atoms. The summed E-state index contributed by atoms with van der Waals surface area (Å²) >= 11 is 0. The number of hydrogen-bond donors (Lipinski definition) is 0. The van der Waals surface area contributed by atoms with Gasteiger partial charge in [0.15, 0.2) is 11.3 Å². The molecule has 5 rings (SSSR count). The van der Waals surface area contributed by atoms with Crippen molar-refractivity contribution in [1.82, 2.24) is 34.3 Å². The van der Waals surface area contributed by atoms with E-state index < -0.39 is 0 Å². The first-order valence-electron chi connectivity index (χ1n) is 8.62. The molecule has 0 saturated carbocycles. The molecule has 9 heteroatoms. The van der Waals surface area contributed by atoms with Crippen molar-refractivity contribution in [3.8, 4) is 5.88 Å². The lowest BCUT2D eigenvalue weighted by Gasteiger charge is -2.32. The Balaban J connectivity index is 1.29. The lowest BCUT2D eigenvalue weighted by Crippen LogP contribution is -2.38. The fraction of sp³-hybridized carbons (Fsp3) is 0.353. The Labute approximate surface area is 149 Å². The van der Waals surface area contributed by atoms with Crippen molar-refractivity contribution in [3.63, 3.8) is 0 Å². The van der Waals surface area contributed by atoms with E-state index in [9.17, 15) is 0 Å². The largest absolute Gasteiger partial charge is 0.474 e. The summed E-state index contributed by atoms with van der Waals surface area (Å²) in [5.41, 5.74) is 1.64. The van der Waals surface area contributed by atoms with Gasteiger partial charge in [-0.15, -0.1) is 0 Å². The van der Waals surface area contributed by atoms with Gasteiger partial charge in [-0.05, 0) is 0 Å². The minimum atomic E-state index is 0.148. The molecular formula is C17H18N8O. The number of aromatic nitrogens is 7. The van der Waals surface area contributed by atoms with E-state index in [0.29, 0.717) is 5.88 Å². The summed E-state index contributed by atoms with van der Waals surface area (Å²) in [6.45, 7) is 1.75. The third-order valence-corrected chi connectivity index (χ3v) is 4.77. The highest BCUT2D eigenvalue weighted by Gasteiger charge is 2.24. The molecule has 0 spiro atoms. The Bertz CT molecular complexity index is 1060. The SMILES string of the molecule is Cn1ncc2c(N3CCC(Oc4ccn5nccc5n4)CC3)ncnc21. The molecular weight excluding hydrogens is 332 g/mol. The van der Waals surface area contributed by atoms with Gasteiger partial charge >= 0.3 is 0 Å². The van der Waals surface area contributed by atoms with Crippen molar-refractivity contribution in [2.75, 3.05) is 18.0 Å². The lowest BCUT2D eigenvalue weighted by molar-refractivity contribution is 0.164. The topological polar surface area (TPSA) is 86.3 Å². The highest BCUT2D eigenvalue weighted by Crippen LogP contribution is 2.26. The van der Waals surface area contributed by atoms with Crippen LogP contribution < -0.4 is 9.64 Å². The summed E-state index contributed by atoms with van der Waals surface area (Å²) in [4.78, 5) is 15.5. The zero-order valence-corrected chi connectivity index (χ0v) is 14.4. The monoisotopic (exact) mass is 350 g/mol. The van der Waals surface area contributed by atoms with Gasteiger partial charge in [-0.25, -0.2) is 14.5 Å². The zero-order chi connectivity index (χ0) is 17.5. The van der Waals surface area contributed by atoms with Crippen LogP contribution in [0.25, 0.3) is 16.7 Å². The quantitative estimate of drug-likeness (QED) is 0.553. The molecule has 0 aliphatic carbocycles. The van der Waals surface area contributed by atoms with E-state index in [4.69, 9.17) is 4.74 Å². The van der Waals surface area contributed by atoms with Gasteiger partial charge in [0.05, 0.1) is 17.8 Å². The average Bonchev–Trinajstić information content (AvgIpc) is 3.29. The Morgan fingerprint density at radius 2 is 2.00 bits per heavy atom. The maximum atomic E-state index is 6.08. The summed E-state index contributed by atoms with van der Waals surface area (Å²) in [5, 5.41) is 9.43. The van der Waals surface area contributed by atoms with Crippen LogP contribution in [0.5, 0.6) is 5.88 Å². The molecule has 132 valence electrons. The van der Waals surface area contributed by atoms with Crippen LogP contribution in [0.1, 0.15) is 12.8 Å². The van der Waals surface area contributed by atoms with E-state index in [2.05, 4.69) is 30.0 Å². The molecule has 0 bridgehead atoms. The highest BCUT2D eigenvalue weighted by molar-refractivity contribution is 5.86. The molecule has 1 aliphatic rings. The molecule has 0 N–H and O–H groups in total. The maximum Gasteiger partial charge on any atom is 0.217 e. The van der Waals surface area contributed by atoms with E-state index in [1.807, 2.05) is 31.6 Å². The molecule has 0 amide bonds. The van der Waals surface area contributed by atoms with Crippen LogP contribution in [0.2, 0.25) is 0 Å². The van der Waals surface area contributed by atoms with Crippen molar-refractivity contribution < 1.29 is 4.74 Å². The second-order valence-corrected chi connectivity index (χ2v) is 6.41. The van der Waals surface area contributed by atoms with Crippen molar-refractivity contribution in [3.05, 3.63) is 37.1 Å². The molecule has 0 radical (unpaired) electrons. The number of nitrogens with zero attached hydrogens (tertiary/aromatic N) is 8. The molecule has 1 fully saturated rings. The fourth-order valence-electron chi connectivity index (χ4n) is 3.42. The molecule has 0 unspecified atom stereocenters. The molecule has 0 atom stereocenters. The summed E-state index contributed by atoms with van der Waals surface area (Å²) in [5.74, 6) is 1.59. The Morgan fingerprint density at radius 1 is 1.12 bits per heavy atom. The normalized spacial score (nSPS) is 15.8. The number of ether oxygens (including phenoxy) is 1. The maximum absolute atomic E-state index is 6.08. The number of piperidine rings is 1. The van der Waals surface area contributed by atoms with Crippen molar-refractivity contribution in [1.29, 1.82) is 0 Å². The van der Waals surface area contributed by atoms with E-state index in [0.717, 1.165) is 48.4 Å². The standard InChI is InChI=1S/C17H18N8O/c1-23-16-13(10-21-23)17(19-11-18-16)24-7-3-12(4-8-24)26-15-5-9-25-14(22-15)2-6-20-25/h2,5-6,9-12H,3-4,7-8H2,1H3. The van der Waals surface area contributed by atoms with Crippen LogP contribution in [0, 0.1) is 0 Å². The van der Waals surface area contributed by atoms with Gasteiger partial charge in [-0.3, -0.25) is 4.68 Å². The second-order valence-electron chi connectivity index (χ2n) is 6.41. The fourth-order valence-corrected chi connectivity index (χ4v) is 3.42. The summed E-state index contributed by atoms with van der Waals surface area (Å²) < 4.78 is 9.58. The van der Waals surface area contributed by atoms with Crippen molar-refractivity contribution in [2.24, 2.45) is 7.05 Å². The molecule has 0 aromatic carbocycles. The highest BCUT2D eigenvalue weighted by atomic mass is 16.5. The number of rotatable bonds is 3. The van der Waals surface area contributed by atoms with Crippen LogP contribution in [-0.4, -0.2) is 53.5 Å². The number of fused-ring (bicyclic) bond motifs is 2. The molecule has 9 nitrogen and oxygen atoms in total. The number of hydrogen-bond acceptors (Lipinski definition) is 7. The summed E-state index contributed by atoms with van der Waals surface area (Å²) in [7, 11) is 1.89. The Morgan fingerprint density at radius 3 is 2.88 bits per heavy atom. The average molecular weight is 350 g/mol. The molecule has 5 heterocycles. The van der Waals surface area contributed by atoms with Gasteiger partial charge in [0.2, 0.25) is 5.88 Å². The first-order valence-corrected chi connectivity index (χ1v) is 8.62. The number of aryl methyl sites for hydroxylation is 1. The van der Waals surface area contributed by atoms with Gasteiger partial charge in [-0.1, -0.05) is 0 Å². The van der Waals surface area contributed by atoms with Gasteiger partial charge < -0.3 is 9.64 Å². The predicted molar refractivity (Wildman–Crippen MR) is 95.2 cm³/mol. The van der Waals surface area contributed by atoms with Gasteiger partial charge in [0.1, 0.15) is 18.2 Å². The van der Waals surface area contributed by atoms with Crippen LogP contribution >= 0.6 is 0 Å². The van der Waals surface area contributed by atoms with E-state index >= 15 is 0 Å². The van der Waals surface area contributed by atoms with Crippen LogP contribution in [0.4, 0.5) is 5.82 Å². The summed E-state index contributed by atoms with van der Waals surface area (Å²) in [6, 6.07) is 3.72. The third kappa shape index (κ3) is 2.52. The zero-order valence-electron chi connectivity index (χ0n) is 14.4. The van der Waals surface area contributed by atoms with Crippen LogP contribution in [0.3, 0.4) is 0 Å². The smallest absolute Gasteiger partial charge is 0.217 e. The second kappa shape index (κ2) is 5.94. The summed E-state index contributed by atoms with van der Waals surface area (Å²) in [6.07, 6.45) is 9.01. The molecule has 4 aromatic rings. The van der Waals surface area contributed by atoms with Gasteiger partial charge in [0.25, 0.3) is 0 Å². The van der Waals surface area contributed by atoms with Crippen LogP contribution in [-0.2, 0) is 7.05 Å². The van der Waals surface area contributed by atoms with Crippen LogP contribution in [0.15, 0.2) is 37.1 Å². The first-order chi connectivity index (χ1) is 12.8.